The molecule has 0 amide bonds. The average Bonchev–Trinajstić information content (AvgIpc) is 2.73. The molecular formula is C14H27NO2. The molecule has 0 aromatic carbocycles. The zero-order valence-corrected chi connectivity index (χ0v) is 11.6. The van der Waals surface area contributed by atoms with Crippen LogP contribution in [0, 0.1) is 5.41 Å². The SMILES string of the molecule is CCCCOC(=O)CN1CCC(CC)(CC)C1. The number of esters is 1. The van der Waals surface area contributed by atoms with Gasteiger partial charge in [-0.3, -0.25) is 9.69 Å². The lowest BCUT2D eigenvalue weighted by Gasteiger charge is -2.26. The van der Waals surface area contributed by atoms with E-state index in [9.17, 15) is 4.79 Å². The van der Waals surface area contributed by atoms with Gasteiger partial charge in [-0.25, -0.2) is 0 Å². The van der Waals surface area contributed by atoms with E-state index < -0.39 is 0 Å². The molecule has 0 N–H and O–H groups in total. The van der Waals surface area contributed by atoms with E-state index in [1.54, 1.807) is 0 Å². The van der Waals surface area contributed by atoms with E-state index in [-0.39, 0.29) is 5.97 Å². The van der Waals surface area contributed by atoms with Crippen LogP contribution in [0.1, 0.15) is 52.9 Å². The summed E-state index contributed by atoms with van der Waals surface area (Å²) in [4.78, 5) is 13.8. The Morgan fingerprint density at radius 1 is 1.29 bits per heavy atom. The van der Waals surface area contributed by atoms with Crippen molar-refractivity contribution in [2.24, 2.45) is 5.41 Å². The quantitative estimate of drug-likeness (QED) is 0.507. The molecule has 0 atom stereocenters. The Morgan fingerprint density at radius 2 is 2.00 bits per heavy atom. The van der Waals surface area contributed by atoms with Gasteiger partial charge in [0.05, 0.1) is 13.2 Å². The topological polar surface area (TPSA) is 29.5 Å². The first-order chi connectivity index (χ1) is 8.15. The summed E-state index contributed by atoms with van der Waals surface area (Å²) in [6.07, 6.45) is 5.70. The van der Waals surface area contributed by atoms with Gasteiger partial charge >= 0.3 is 5.97 Å². The van der Waals surface area contributed by atoms with Crippen LogP contribution in [-0.2, 0) is 9.53 Å². The second-order valence-electron chi connectivity index (χ2n) is 5.24. The molecule has 0 bridgehead atoms. The van der Waals surface area contributed by atoms with Gasteiger partial charge in [0.1, 0.15) is 0 Å². The second-order valence-corrected chi connectivity index (χ2v) is 5.24. The summed E-state index contributed by atoms with van der Waals surface area (Å²) in [6, 6.07) is 0. The predicted molar refractivity (Wildman–Crippen MR) is 69.9 cm³/mol. The maximum Gasteiger partial charge on any atom is 0.320 e. The van der Waals surface area contributed by atoms with Gasteiger partial charge < -0.3 is 4.74 Å². The molecule has 1 fully saturated rings. The molecule has 0 aromatic rings. The van der Waals surface area contributed by atoms with E-state index >= 15 is 0 Å². The van der Waals surface area contributed by atoms with Gasteiger partial charge in [0.2, 0.25) is 0 Å². The number of hydrogen-bond acceptors (Lipinski definition) is 3. The first-order valence-electron chi connectivity index (χ1n) is 7.03. The molecule has 3 heteroatoms. The van der Waals surface area contributed by atoms with Crippen LogP contribution in [0.2, 0.25) is 0 Å². The molecule has 1 saturated heterocycles. The van der Waals surface area contributed by atoms with Crippen molar-refractivity contribution in [3.05, 3.63) is 0 Å². The maximum atomic E-state index is 11.6. The molecule has 1 rings (SSSR count). The minimum atomic E-state index is -0.0542. The van der Waals surface area contributed by atoms with Crippen LogP contribution < -0.4 is 0 Å². The molecule has 0 saturated carbocycles. The van der Waals surface area contributed by atoms with Gasteiger partial charge in [0.15, 0.2) is 0 Å². The Balaban J connectivity index is 2.27. The van der Waals surface area contributed by atoms with E-state index in [0.717, 1.165) is 25.9 Å². The molecule has 100 valence electrons. The molecular weight excluding hydrogens is 214 g/mol. The van der Waals surface area contributed by atoms with Crippen molar-refractivity contribution in [2.45, 2.75) is 52.9 Å². The minimum Gasteiger partial charge on any atom is -0.465 e. The number of carbonyl (C=O) groups is 1. The van der Waals surface area contributed by atoms with Crippen molar-refractivity contribution in [1.29, 1.82) is 0 Å². The third-order valence-corrected chi connectivity index (χ3v) is 4.13. The summed E-state index contributed by atoms with van der Waals surface area (Å²) in [5.74, 6) is -0.0542. The molecule has 17 heavy (non-hydrogen) atoms. The Bertz CT molecular complexity index is 236. The van der Waals surface area contributed by atoms with Crippen molar-refractivity contribution in [3.63, 3.8) is 0 Å². The lowest BCUT2D eigenvalue weighted by atomic mass is 9.82. The summed E-state index contributed by atoms with van der Waals surface area (Å²) in [6.45, 7) is 9.78. The standard InChI is InChI=1S/C14H27NO2/c1-4-7-10-17-13(16)11-15-9-8-14(5-2,6-3)12-15/h4-12H2,1-3H3. The number of ether oxygens (including phenoxy) is 1. The molecule has 0 aliphatic carbocycles. The molecule has 1 aliphatic heterocycles. The third kappa shape index (κ3) is 4.30. The maximum absolute atomic E-state index is 11.6. The van der Waals surface area contributed by atoms with E-state index in [0.29, 0.717) is 18.6 Å². The average molecular weight is 241 g/mol. The van der Waals surface area contributed by atoms with Crippen molar-refractivity contribution >= 4 is 5.97 Å². The fourth-order valence-electron chi connectivity index (χ4n) is 2.55. The van der Waals surface area contributed by atoms with Gasteiger partial charge in [-0.2, -0.15) is 0 Å². The van der Waals surface area contributed by atoms with E-state index in [1.807, 2.05) is 0 Å². The number of unbranched alkanes of at least 4 members (excludes halogenated alkanes) is 1. The van der Waals surface area contributed by atoms with E-state index in [1.165, 1.54) is 19.3 Å². The zero-order valence-electron chi connectivity index (χ0n) is 11.6. The van der Waals surface area contributed by atoms with Gasteiger partial charge in [-0.05, 0) is 37.6 Å². The minimum absolute atomic E-state index is 0.0542. The largest absolute Gasteiger partial charge is 0.465 e. The van der Waals surface area contributed by atoms with E-state index in [2.05, 4.69) is 25.7 Å². The summed E-state index contributed by atoms with van der Waals surface area (Å²) in [5.41, 5.74) is 0.448. The summed E-state index contributed by atoms with van der Waals surface area (Å²) in [5, 5.41) is 0. The van der Waals surface area contributed by atoms with Crippen LogP contribution in [0.4, 0.5) is 0 Å². The van der Waals surface area contributed by atoms with Crippen LogP contribution in [0.3, 0.4) is 0 Å². The molecule has 0 spiro atoms. The first-order valence-corrected chi connectivity index (χ1v) is 7.03. The van der Waals surface area contributed by atoms with Crippen LogP contribution in [-0.4, -0.2) is 37.1 Å². The van der Waals surface area contributed by atoms with Gasteiger partial charge in [-0.1, -0.05) is 27.2 Å². The van der Waals surface area contributed by atoms with Gasteiger partial charge in [0.25, 0.3) is 0 Å². The lowest BCUT2D eigenvalue weighted by Crippen LogP contribution is -2.31. The summed E-state index contributed by atoms with van der Waals surface area (Å²) >= 11 is 0. The highest BCUT2D eigenvalue weighted by molar-refractivity contribution is 5.71. The summed E-state index contributed by atoms with van der Waals surface area (Å²) < 4.78 is 5.20. The smallest absolute Gasteiger partial charge is 0.320 e. The third-order valence-electron chi connectivity index (χ3n) is 4.13. The molecule has 0 unspecified atom stereocenters. The van der Waals surface area contributed by atoms with Crippen LogP contribution in [0.15, 0.2) is 0 Å². The summed E-state index contributed by atoms with van der Waals surface area (Å²) in [7, 11) is 0. The normalized spacial score (nSPS) is 19.5. The highest BCUT2D eigenvalue weighted by atomic mass is 16.5. The monoisotopic (exact) mass is 241 g/mol. The number of likely N-dealkylation sites (tertiary alicyclic amines) is 1. The Hall–Kier alpha value is -0.570. The van der Waals surface area contributed by atoms with Crippen molar-refractivity contribution in [2.75, 3.05) is 26.2 Å². The molecule has 0 aromatic heterocycles. The lowest BCUT2D eigenvalue weighted by molar-refractivity contribution is -0.144. The zero-order chi connectivity index (χ0) is 12.7. The van der Waals surface area contributed by atoms with Crippen LogP contribution in [0.25, 0.3) is 0 Å². The Kier molecular flexibility index (Phi) is 5.96. The van der Waals surface area contributed by atoms with Crippen LogP contribution in [0.5, 0.6) is 0 Å². The Labute approximate surface area is 106 Å². The van der Waals surface area contributed by atoms with Gasteiger partial charge in [-0.15, -0.1) is 0 Å². The Morgan fingerprint density at radius 3 is 2.53 bits per heavy atom. The molecule has 1 heterocycles. The van der Waals surface area contributed by atoms with Crippen LogP contribution >= 0.6 is 0 Å². The highest BCUT2D eigenvalue weighted by Crippen LogP contribution is 2.36. The second kappa shape index (κ2) is 7.00. The molecule has 0 radical (unpaired) electrons. The fourth-order valence-corrected chi connectivity index (χ4v) is 2.55. The predicted octanol–water partition coefficient (Wildman–Crippen LogP) is 2.84. The fraction of sp³-hybridized carbons (Fsp3) is 0.929. The van der Waals surface area contributed by atoms with Crippen molar-refractivity contribution < 1.29 is 9.53 Å². The molecule has 1 aliphatic rings. The van der Waals surface area contributed by atoms with Crippen molar-refractivity contribution in [3.8, 4) is 0 Å². The first kappa shape index (κ1) is 14.5. The van der Waals surface area contributed by atoms with E-state index in [4.69, 9.17) is 4.74 Å². The number of hydrogen-bond donors (Lipinski definition) is 0. The number of rotatable bonds is 7. The molecule has 3 nitrogen and oxygen atoms in total. The highest BCUT2D eigenvalue weighted by Gasteiger charge is 2.35. The van der Waals surface area contributed by atoms with Gasteiger partial charge in [0, 0.05) is 6.54 Å². The van der Waals surface area contributed by atoms with Crippen molar-refractivity contribution in [1.82, 2.24) is 4.90 Å². The number of nitrogens with zero attached hydrogens (tertiary/aromatic N) is 1. The number of carbonyl (C=O) groups excluding carboxylic acids is 1.